The van der Waals surface area contributed by atoms with E-state index in [2.05, 4.69) is 29.4 Å². The Bertz CT molecular complexity index is 432. The van der Waals surface area contributed by atoms with Gasteiger partial charge in [-0.25, -0.2) is 0 Å². The van der Waals surface area contributed by atoms with Crippen molar-refractivity contribution in [1.29, 1.82) is 0 Å². The van der Waals surface area contributed by atoms with Crippen LogP contribution in [-0.2, 0) is 16.0 Å². The first kappa shape index (κ1) is 14.5. The van der Waals surface area contributed by atoms with Crippen LogP contribution in [0.15, 0.2) is 0 Å². The molecule has 0 aromatic carbocycles. The van der Waals surface area contributed by atoms with E-state index in [1.54, 1.807) is 0 Å². The highest BCUT2D eigenvalue weighted by atomic mass is 32.1. The highest BCUT2D eigenvalue weighted by Gasteiger charge is 2.17. The number of hydrogen-bond acceptors (Lipinski definition) is 6. The molecule has 0 spiro atoms. The standard InChI is InChI=1S/C10H17N5O2S/c1-5(2)3-8-14-15-10(18-8)13-9(17)6(11)4-7(12)16/h5-6H,3-4,11H2,1-2H3,(H2,12,16)(H,13,15,17). The summed E-state index contributed by atoms with van der Waals surface area (Å²) in [6, 6.07) is -0.958. The minimum absolute atomic E-state index is 0.191. The molecular formula is C10H17N5O2S. The first-order valence-corrected chi connectivity index (χ1v) is 6.37. The number of rotatable bonds is 6. The van der Waals surface area contributed by atoms with E-state index in [9.17, 15) is 9.59 Å². The third-order valence-electron chi connectivity index (χ3n) is 2.04. The van der Waals surface area contributed by atoms with Gasteiger partial charge in [0.25, 0.3) is 0 Å². The van der Waals surface area contributed by atoms with Crippen molar-refractivity contribution in [1.82, 2.24) is 10.2 Å². The van der Waals surface area contributed by atoms with Gasteiger partial charge < -0.3 is 11.5 Å². The van der Waals surface area contributed by atoms with Crippen molar-refractivity contribution in [3.05, 3.63) is 5.01 Å². The zero-order valence-corrected chi connectivity index (χ0v) is 11.2. The van der Waals surface area contributed by atoms with Crippen LogP contribution in [0.25, 0.3) is 0 Å². The van der Waals surface area contributed by atoms with Gasteiger partial charge in [-0.05, 0) is 5.92 Å². The number of carbonyl (C=O) groups is 2. The monoisotopic (exact) mass is 271 g/mol. The second kappa shape index (κ2) is 6.41. The minimum Gasteiger partial charge on any atom is -0.370 e. The predicted octanol–water partition coefficient (Wildman–Crippen LogP) is -0.122. The lowest BCUT2D eigenvalue weighted by molar-refractivity contribution is -0.123. The molecule has 8 heteroatoms. The summed E-state index contributed by atoms with van der Waals surface area (Å²) in [5, 5.41) is 11.5. The van der Waals surface area contributed by atoms with Crippen molar-refractivity contribution in [2.75, 3.05) is 5.32 Å². The van der Waals surface area contributed by atoms with Crippen LogP contribution in [0.3, 0.4) is 0 Å². The lowest BCUT2D eigenvalue weighted by Gasteiger charge is -2.07. The molecule has 0 radical (unpaired) electrons. The van der Waals surface area contributed by atoms with Gasteiger partial charge >= 0.3 is 0 Å². The molecule has 0 fully saturated rings. The normalized spacial score (nSPS) is 12.4. The Hall–Kier alpha value is -1.54. The van der Waals surface area contributed by atoms with Gasteiger partial charge in [-0.2, -0.15) is 0 Å². The molecule has 1 unspecified atom stereocenters. The molecule has 0 aliphatic rings. The maximum atomic E-state index is 11.6. The van der Waals surface area contributed by atoms with Crippen LogP contribution in [0, 0.1) is 5.92 Å². The van der Waals surface area contributed by atoms with Gasteiger partial charge in [0.05, 0.1) is 12.5 Å². The molecule has 0 saturated carbocycles. The van der Waals surface area contributed by atoms with Crippen molar-refractivity contribution in [3.8, 4) is 0 Å². The molecule has 7 nitrogen and oxygen atoms in total. The summed E-state index contributed by atoms with van der Waals surface area (Å²) < 4.78 is 0. The molecule has 0 aliphatic heterocycles. The average molecular weight is 271 g/mol. The number of amides is 2. The van der Waals surface area contributed by atoms with Crippen LogP contribution >= 0.6 is 11.3 Å². The Balaban J connectivity index is 2.54. The summed E-state index contributed by atoms with van der Waals surface area (Å²) >= 11 is 1.30. The molecule has 0 saturated heterocycles. The summed E-state index contributed by atoms with van der Waals surface area (Å²) in [7, 11) is 0. The van der Waals surface area contributed by atoms with Gasteiger partial charge in [0.15, 0.2) is 0 Å². The highest BCUT2D eigenvalue weighted by molar-refractivity contribution is 7.15. The van der Waals surface area contributed by atoms with Gasteiger partial charge in [0.2, 0.25) is 16.9 Å². The topological polar surface area (TPSA) is 124 Å². The molecule has 2 amide bonds. The molecule has 1 atom stereocenters. The number of nitrogens with two attached hydrogens (primary N) is 2. The van der Waals surface area contributed by atoms with Crippen LogP contribution in [0.5, 0.6) is 0 Å². The van der Waals surface area contributed by atoms with E-state index in [4.69, 9.17) is 11.5 Å². The van der Waals surface area contributed by atoms with Crippen molar-refractivity contribution < 1.29 is 9.59 Å². The van der Waals surface area contributed by atoms with Crippen molar-refractivity contribution >= 4 is 28.3 Å². The van der Waals surface area contributed by atoms with E-state index >= 15 is 0 Å². The second-order valence-electron chi connectivity index (χ2n) is 4.37. The largest absolute Gasteiger partial charge is 0.370 e. The molecule has 18 heavy (non-hydrogen) atoms. The Morgan fingerprint density at radius 1 is 1.39 bits per heavy atom. The van der Waals surface area contributed by atoms with Crippen LogP contribution in [0.2, 0.25) is 0 Å². The fourth-order valence-electron chi connectivity index (χ4n) is 1.24. The molecule has 1 heterocycles. The van der Waals surface area contributed by atoms with Crippen molar-refractivity contribution in [3.63, 3.8) is 0 Å². The quantitative estimate of drug-likeness (QED) is 0.665. The van der Waals surface area contributed by atoms with E-state index in [0.29, 0.717) is 11.0 Å². The third kappa shape index (κ3) is 4.76. The smallest absolute Gasteiger partial charge is 0.243 e. The Kier molecular flexibility index (Phi) is 5.17. The lowest BCUT2D eigenvalue weighted by atomic mass is 10.1. The van der Waals surface area contributed by atoms with Crippen molar-refractivity contribution in [2.45, 2.75) is 32.7 Å². The van der Waals surface area contributed by atoms with Crippen molar-refractivity contribution in [2.24, 2.45) is 17.4 Å². The van der Waals surface area contributed by atoms with E-state index in [1.165, 1.54) is 11.3 Å². The molecule has 0 bridgehead atoms. The number of hydrogen-bond donors (Lipinski definition) is 3. The summed E-state index contributed by atoms with van der Waals surface area (Å²) in [5.41, 5.74) is 10.5. The molecule has 1 aromatic rings. The molecule has 1 rings (SSSR count). The summed E-state index contributed by atoms with van der Waals surface area (Å²) in [4.78, 5) is 22.2. The molecule has 100 valence electrons. The second-order valence-corrected chi connectivity index (χ2v) is 5.43. The SMILES string of the molecule is CC(C)Cc1nnc(NC(=O)C(N)CC(N)=O)s1. The van der Waals surface area contributed by atoms with Crippen LogP contribution in [0.4, 0.5) is 5.13 Å². The minimum atomic E-state index is -0.958. The molecular weight excluding hydrogens is 254 g/mol. The predicted molar refractivity (Wildman–Crippen MR) is 68.9 cm³/mol. The van der Waals surface area contributed by atoms with Gasteiger partial charge in [-0.3, -0.25) is 14.9 Å². The van der Waals surface area contributed by atoms with Crippen LogP contribution < -0.4 is 16.8 Å². The molecule has 5 N–H and O–H groups in total. The summed E-state index contributed by atoms with van der Waals surface area (Å²) in [5.74, 6) is -0.630. The zero-order chi connectivity index (χ0) is 13.7. The Morgan fingerprint density at radius 2 is 2.06 bits per heavy atom. The zero-order valence-electron chi connectivity index (χ0n) is 10.3. The fraction of sp³-hybridized carbons (Fsp3) is 0.600. The number of primary amides is 1. The van der Waals surface area contributed by atoms with E-state index in [1.807, 2.05) is 0 Å². The van der Waals surface area contributed by atoms with E-state index < -0.39 is 17.9 Å². The first-order valence-electron chi connectivity index (χ1n) is 5.55. The molecule has 1 aromatic heterocycles. The van der Waals surface area contributed by atoms with E-state index in [-0.39, 0.29) is 6.42 Å². The Labute approximate surface area is 109 Å². The Morgan fingerprint density at radius 3 is 2.61 bits per heavy atom. The lowest BCUT2D eigenvalue weighted by Crippen LogP contribution is -2.38. The van der Waals surface area contributed by atoms with Gasteiger partial charge in [-0.1, -0.05) is 25.2 Å². The third-order valence-corrected chi connectivity index (χ3v) is 2.90. The summed E-state index contributed by atoms with van der Waals surface area (Å²) in [6.07, 6.45) is 0.615. The van der Waals surface area contributed by atoms with Gasteiger partial charge in [-0.15, -0.1) is 10.2 Å². The van der Waals surface area contributed by atoms with Crippen LogP contribution in [-0.4, -0.2) is 28.1 Å². The maximum Gasteiger partial charge on any atom is 0.243 e. The highest BCUT2D eigenvalue weighted by Crippen LogP contribution is 2.18. The average Bonchev–Trinajstić information content (AvgIpc) is 2.63. The first-order chi connectivity index (χ1) is 8.38. The fourth-order valence-corrected chi connectivity index (χ4v) is 2.20. The number of aromatic nitrogens is 2. The van der Waals surface area contributed by atoms with Gasteiger partial charge in [0, 0.05) is 6.42 Å². The maximum absolute atomic E-state index is 11.6. The summed E-state index contributed by atoms with van der Waals surface area (Å²) in [6.45, 7) is 4.14. The van der Waals surface area contributed by atoms with Gasteiger partial charge in [0.1, 0.15) is 5.01 Å². The number of nitrogens with zero attached hydrogens (tertiary/aromatic N) is 2. The number of carbonyl (C=O) groups excluding carboxylic acids is 2. The number of anilines is 1. The number of nitrogens with one attached hydrogen (secondary N) is 1. The van der Waals surface area contributed by atoms with Crippen LogP contribution in [0.1, 0.15) is 25.3 Å². The molecule has 0 aliphatic carbocycles. The van der Waals surface area contributed by atoms with E-state index in [0.717, 1.165) is 11.4 Å².